The average molecular weight is 672 g/mol. The molecule has 0 unspecified atom stereocenters. The van der Waals surface area contributed by atoms with Gasteiger partial charge in [0, 0.05) is 25.9 Å². The number of carbonyl (C=O) groups is 4. The normalized spacial score (nSPS) is 17.1. The van der Waals surface area contributed by atoms with Gasteiger partial charge in [0.2, 0.25) is 17.7 Å². The van der Waals surface area contributed by atoms with Crippen molar-refractivity contribution < 1.29 is 42.6 Å². The second kappa shape index (κ2) is 17.4. The van der Waals surface area contributed by atoms with Crippen LogP contribution in [0.2, 0.25) is 0 Å². The maximum atomic E-state index is 13.7. The third-order valence-corrected chi connectivity index (χ3v) is 8.29. The van der Waals surface area contributed by atoms with Crippen LogP contribution in [0.25, 0.3) is 10.4 Å². The number of rotatable bonds is 12. The summed E-state index contributed by atoms with van der Waals surface area (Å²) in [4.78, 5) is 55.2. The van der Waals surface area contributed by atoms with Gasteiger partial charge in [0.15, 0.2) is 0 Å². The molecule has 0 spiro atoms. The van der Waals surface area contributed by atoms with E-state index >= 15 is 0 Å². The Bertz CT molecular complexity index is 1310. The van der Waals surface area contributed by atoms with Crippen LogP contribution in [0.4, 0.5) is 13.2 Å². The van der Waals surface area contributed by atoms with Gasteiger partial charge in [0.1, 0.15) is 12.1 Å². The molecule has 1 aliphatic rings. The lowest BCUT2D eigenvalue weighted by Gasteiger charge is -2.35. The van der Waals surface area contributed by atoms with Crippen LogP contribution in [0, 0.1) is 12.3 Å². The number of carboxylic acid groups (broad SMARTS) is 1. The zero-order valence-corrected chi connectivity index (χ0v) is 27.3. The minimum Gasteiger partial charge on any atom is -0.475 e. The first-order chi connectivity index (χ1) is 21.4. The van der Waals surface area contributed by atoms with Gasteiger partial charge in [0.25, 0.3) is 0 Å². The highest BCUT2D eigenvalue weighted by Crippen LogP contribution is 2.28. The molecule has 3 rings (SSSR count). The number of nitrogens with zero attached hydrogens (tertiary/aromatic N) is 2. The Balaban J connectivity index is 0.000000942. The van der Waals surface area contributed by atoms with Crippen LogP contribution in [0.5, 0.6) is 0 Å². The number of hydrogen-bond donors (Lipinski definition) is 5. The Morgan fingerprint density at radius 3 is 2.22 bits per heavy atom. The van der Waals surface area contributed by atoms with Crippen LogP contribution in [-0.2, 0) is 25.7 Å². The molecule has 3 amide bonds. The number of unbranched alkanes of at least 4 members (excludes halogenated alkanes) is 3. The van der Waals surface area contributed by atoms with E-state index in [4.69, 9.17) is 15.6 Å². The molecular formula is C31H44F3N5O6S. The van der Waals surface area contributed by atoms with Crippen LogP contribution < -0.4 is 16.4 Å². The zero-order chi connectivity index (χ0) is 34.7. The van der Waals surface area contributed by atoms with E-state index in [2.05, 4.69) is 15.6 Å². The van der Waals surface area contributed by atoms with Gasteiger partial charge in [0.05, 0.1) is 22.2 Å². The molecule has 0 bridgehead atoms. The van der Waals surface area contributed by atoms with Crippen molar-refractivity contribution in [3.63, 3.8) is 0 Å². The molecule has 6 N–H and O–H groups in total. The van der Waals surface area contributed by atoms with Crippen LogP contribution in [0.3, 0.4) is 0 Å². The van der Waals surface area contributed by atoms with Gasteiger partial charge in [-0.1, -0.05) is 57.9 Å². The number of aryl methyl sites for hydroxylation is 1. The van der Waals surface area contributed by atoms with E-state index in [1.165, 1.54) is 4.90 Å². The van der Waals surface area contributed by atoms with E-state index in [0.29, 0.717) is 19.5 Å². The lowest BCUT2D eigenvalue weighted by atomic mass is 9.85. The molecule has 1 aliphatic heterocycles. The van der Waals surface area contributed by atoms with Crippen molar-refractivity contribution in [1.82, 2.24) is 20.5 Å². The fourth-order valence-corrected chi connectivity index (χ4v) is 5.61. The standard InChI is InChI=1S/C29H43N5O4S.C2HF3O2/c1-19-25(39-18-32-19)21-12-10-20(11-13-21)16-31-27(37)23-15-22(35)17-34(23)28(38)26(29(2,3)4)33-24(36)9-7-5-6-8-14-30;3-2(4,5)1(6)7/h10-13,18,22-23,26,35H,5-9,14-17,30H2,1-4H3,(H,31,37)(H,33,36);(H,6,7)/t22-,23+,26-;/m1./s1. The first-order valence-corrected chi connectivity index (χ1v) is 15.9. The maximum Gasteiger partial charge on any atom is 0.490 e. The van der Waals surface area contributed by atoms with Gasteiger partial charge in [-0.3, -0.25) is 14.4 Å². The molecule has 1 saturated heterocycles. The Kier molecular flexibility index (Phi) is 14.6. The fraction of sp³-hybridized carbons (Fsp3) is 0.581. The molecule has 0 radical (unpaired) electrons. The predicted octanol–water partition coefficient (Wildman–Crippen LogP) is 3.77. The number of aliphatic hydroxyl groups excluding tert-OH is 1. The van der Waals surface area contributed by atoms with Crippen molar-refractivity contribution in [3.05, 3.63) is 41.0 Å². The summed E-state index contributed by atoms with van der Waals surface area (Å²) in [5, 5.41) is 23.3. The number of carboxylic acids is 1. The second-order valence-corrected chi connectivity index (χ2v) is 13.1. The maximum absolute atomic E-state index is 13.7. The SMILES string of the molecule is Cc1ncsc1-c1ccc(CNC(=O)[C@@H]2C[C@@H](O)CN2C(=O)[C@@H](NC(=O)CCCCCCN)C(C)(C)C)cc1.O=C(O)C(F)(F)F. The van der Waals surface area contributed by atoms with Crippen molar-refractivity contribution in [1.29, 1.82) is 0 Å². The van der Waals surface area contributed by atoms with Crippen molar-refractivity contribution in [3.8, 4) is 10.4 Å². The number of benzene rings is 1. The predicted molar refractivity (Wildman–Crippen MR) is 167 cm³/mol. The first-order valence-electron chi connectivity index (χ1n) is 15.0. The highest BCUT2D eigenvalue weighted by molar-refractivity contribution is 7.13. The van der Waals surface area contributed by atoms with E-state index in [1.54, 1.807) is 11.3 Å². The van der Waals surface area contributed by atoms with E-state index in [0.717, 1.165) is 47.4 Å². The van der Waals surface area contributed by atoms with E-state index in [-0.39, 0.29) is 30.7 Å². The highest BCUT2D eigenvalue weighted by Gasteiger charge is 2.44. The molecule has 3 atom stereocenters. The molecule has 0 saturated carbocycles. The van der Waals surface area contributed by atoms with Crippen molar-refractivity contribution >= 4 is 35.0 Å². The number of thiazole rings is 1. The van der Waals surface area contributed by atoms with Gasteiger partial charge in [-0.2, -0.15) is 13.2 Å². The summed E-state index contributed by atoms with van der Waals surface area (Å²) in [6.07, 6.45) is -1.84. The fourth-order valence-electron chi connectivity index (χ4n) is 4.80. The summed E-state index contributed by atoms with van der Waals surface area (Å²) in [6, 6.07) is 6.32. The Labute approximate surface area is 270 Å². The van der Waals surface area contributed by atoms with Crippen molar-refractivity contribution in [2.24, 2.45) is 11.1 Å². The quantitative estimate of drug-likeness (QED) is 0.212. The molecule has 15 heteroatoms. The Morgan fingerprint density at radius 1 is 1.09 bits per heavy atom. The number of aliphatic hydroxyl groups is 1. The summed E-state index contributed by atoms with van der Waals surface area (Å²) in [6.45, 7) is 8.63. The highest BCUT2D eigenvalue weighted by atomic mass is 32.1. The molecule has 1 aromatic carbocycles. The van der Waals surface area contributed by atoms with E-state index in [1.807, 2.05) is 57.5 Å². The van der Waals surface area contributed by atoms with Gasteiger partial charge >= 0.3 is 12.1 Å². The second-order valence-electron chi connectivity index (χ2n) is 12.2. The zero-order valence-electron chi connectivity index (χ0n) is 26.5. The Morgan fingerprint density at radius 2 is 1.70 bits per heavy atom. The van der Waals surface area contributed by atoms with Crippen LogP contribution in [0.1, 0.15) is 70.6 Å². The first kappa shape index (κ1) is 38.6. The lowest BCUT2D eigenvalue weighted by molar-refractivity contribution is -0.192. The third kappa shape index (κ3) is 12.0. The molecule has 46 heavy (non-hydrogen) atoms. The third-order valence-electron chi connectivity index (χ3n) is 7.31. The molecular weight excluding hydrogens is 627 g/mol. The van der Waals surface area contributed by atoms with Crippen LogP contribution >= 0.6 is 11.3 Å². The number of alkyl halides is 3. The Hall–Kier alpha value is -3.56. The largest absolute Gasteiger partial charge is 0.490 e. The van der Waals surface area contributed by atoms with Gasteiger partial charge < -0.3 is 31.5 Å². The number of β-amino-alcohol motifs (C(OH)–C–C–N with tert-alkyl or cyclic N) is 1. The minimum atomic E-state index is -5.08. The monoisotopic (exact) mass is 671 g/mol. The number of amides is 3. The molecule has 11 nitrogen and oxygen atoms in total. The molecule has 2 heterocycles. The van der Waals surface area contributed by atoms with Crippen molar-refractivity contribution in [2.75, 3.05) is 13.1 Å². The topological polar surface area (TPSA) is 175 Å². The summed E-state index contributed by atoms with van der Waals surface area (Å²) >= 11 is 1.59. The summed E-state index contributed by atoms with van der Waals surface area (Å²) in [7, 11) is 0. The number of aromatic nitrogens is 1. The molecule has 256 valence electrons. The average Bonchev–Trinajstić information content (AvgIpc) is 3.59. The molecule has 2 aromatic rings. The number of carbonyl (C=O) groups excluding carboxylic acids is 3. The summed E-state index contributed by atoms with van der Waals surface area (Å²) < 4.78 is 31.7. The van der Waals surface area contributed by atoms with Crippen LogP contribution in [0.15, 0.2) is 29.8 Å². The number of hydrogen-bond acceptors (Lipinski definition) is 8. The lowest BCUT2D eigenvalue weighted by Crippen LogP contribution is -2.57. The van der Waals surface area contributed by atoms with Gasteiger partial charge in [-0.05, 0) is 42.9 Å². The molecule has 0 aliphatic carbocycles. The summed E-state index contributed by atoms with van der Waals surface area (Å²) in [5.74, 6) is -3.61. The molecule has 1 fully saturated rings. The number of nitrogens with two attached hydrogens (primary N) is 1. The van der Waals surface area contributed by atoms with Gasteiger partial charge in [-0.25, -0.2) is 9.78 Å². The number of likely N-dealkylation sites (tertiary alicyclic amines) is 1. The number of nitrogens with one attached hydrogen (secondary N) is 2. The molecule has 1 aromatic heterocycles. The van der Waals surface area contributed by atoms with Gasteiger partial charge in [-0.15, -0.1) is 11.3 Å². The summed E-state index contributed by atoms with van der Waals surface area (Å²) in [5.41, 5.74) is 9.76. The number of halogens is 3. The van der Waals surface area contributed by atoms with E-state index in [9.17, 15) is 32.7 Å². The van der Waals surface area contributed by atoms with E-state index < -0.39 is 35.7 Å². The number of aliphatic carboxylic acids is 1. The smallest absolute Gasteiger partial charge is 0.475 e. The minimum absolute atomic E-state index is 0.0569. The van der Waals surface area contributed by atoms with Crippen molar-refractivity contribution in [2.45, 2.75) is 97.1 Å². The van der Waals surface area contributed by atoms with Crippen LogP contribution in [-0.4, -0.2) is 81.2 Å².